The van der Waals surface area contributed by atoms with Crippen LogP contribution >= 0.6 is 0 Å². The Kier molecular flexibility index (Phi) is 7.44. The van der Waals surface area contributed by atoms with Crippen LogP contribution in [0.1, 0.15) is 120 Å². The Labute approximate surface area is 351 Å². The standard InChI is InChI=1S/C57H57NO/c1-54(2)27-28-55(3,4)52-42(14-11-17-47(52)54)37-21-23-40(24-22-37)58(41-25-26-44-43-13-7-8-15-45(43)56(5,6)48(44)34-41)49-18-12-20-51-53(49)57(46-16-9-10-19-50(46)59-51)38-30-35-29-36(32-38)33-39(57)31-35/h7-26,34-36,38-39H,27-33H2,1-6H3. The first-order valence-electron chi connectivity index (χ1n) is 22.6. The minimum atomic E-state index is -0.106. The maximum absolute atomic E-state index is 7.06. The van der Waals surface area contributed by atoms with Crippen molar-refractivity contribution in [3.63, 3.8) is 0 Å². The van der Waals surface area contributed by atoms with E-state index in [-0.39, 0.29) is 21.7 Å². The van der Waals surface area contributed by atoms with E-state index in [4.69, 9.17) is 4.74 Å². The minimum absolute atomic E-state index is 0.0832. The molecule has 0 amide bonds. The molecule has 0 atom stereocenters. The first-order valence-corrected chi connectivity index (χ1v) is 22.6. The van der Waals surface area contributed by atoms with Crippen LogP contribution in [0.2, 0.25) is 0 Å². The number of rotatable bonds is 4. The second kappa shape index (κ2) is 12.2. The van der Waals surface area contributed by atoms with E-state index < -0.39 is 0 Å². The Hall–Kier alpha value is -5.08. The van der Waals surface area contributed by atoms with Crippen LogP contribution in [-0.4, -0.2) is 0 Å². The van der Waals surface area contributed by atoms with Gasteiger partial charge in [0.25, 0.3) is 0 Å². The van der Waals surface area contributed by atoms with E-state index in [1.807, 2.05) is 0 Å². The van der Waals surface area contributed by atoms with Gasteiger partial charge in [0.2, 0.25) is 0 Å². The van der Waals surface area contributed by atoms with Crippen molar-refractivity contribution in [2.75, 3.05) is 4.90 Å². The fraction of sp³-hybridized carbons (Fsp3) is 0.368. The summed E-state index contributed by atoms with van der Waals surface area (Å²) in [6, 6.07) is 49.0. The Morgan fingerprint density at radius 2 is 1.07 bits per heavy atom. The van der Waals surface area contributed by atoms with E-state index >= 15 is 0 Å². The van der Waals surface area contributed by atoms with Crippen molar-refractivity contribution in [2.24, 2.45) is 23.7 Å². The monoisotopic (exact) mass is 771 g/mol. The summed E-state index contributed by atoms with van der Waals surface area (Å²) in [6.45, 7) is 14.6. The fourth-order valence-electron chi connectivity index (χ4n) is 14.2. The number of para-hydroxylation sites is 1. The van der Waals surface area contributed by atoms with E-state index in [9.17, 15) is 0 Å². The van der Waals surface area contributed by atoms with Gasteiger partial charge in [0.05, 0.1) is 5.69 Å². The molecule has 6 aliphatic carbocycles. The molecule has 1 aliphatic heterocycles. The molecule has 0 saturated heterocycles. The van der Waals surface area contributed by atoms with Crippen molar-refractivity contribution in [1.29, 1.82) is 0 Å². The first-order chi connectivity index (χ1) is 28.4. The number of anilines is 3. The highest BCUT2D eigenvalue weighted by molar-refractivity contribution is 5.88. The fourth-order valence-corrected chi connectivity index (χ4v) is 14.2. The third kappa shape index (κ3) is 4.92. The molecule has 13 rings (SSSR count). The molecule has 0 N–H and O–H groups in total. The van der Waals surface area contributed by atoms with Gasteiger partial charge in [0.15, 0.2) is 0 Å². The second-order valence-electron chi connectivity index (χ2n) is 21.2. The van der Waals surface area contributed by atoms with Crippen LogP contribution in [0.15, 0.2) is 127 Å². The molecule has 1 heterocycles. The Balaban J connectivity index is 1.08. The van der Waals surface area contributed by atoms with Crippen LogP contribution < -0.4 is 9.64 Å². The Morgan fingerprint density at radius 3 is 1.83 bits per heavy atom. The van der Waals surface area contributed by atoms with Gasteiger partial charge in [0.1, 0.15) is 11.5 Å². The normalized spacial score (nSPS) is 26.6. The minimum Gasteiger partial charge on any atom is -0.457 e. The van der Waals surface area contributed by atoms with Crippen molar-refractivity contribution < 1.29 is 4.74 Å². The summed E-state index contributed by atoms with van der Waals surface area (Å²) in [5.74, 6) is 5.05. The molecule has 4 fully saturated rings. The van der Waals surface area contributed by atoms with Crippen LogP contribution in [0.5, 0.6) is 11.5 Å². The zero-order valence-corrected chi connectivity index (χ0v) is 35.7. The summed E-state index contributed by atoms with van der Waals surface area (Å²) < 4.78 is 7.06. The highest BCUT2D eigenvalue weighted by Gasteiger charge is 2.62. The smallest absolute Gasteiger partial charge is 0.133 e. The third-order valence-electron chi connectivity index (χ3n) is 16.7. The lowest BCUT2D eigenvalue weighted by atomic mass is 9.41. The van der Waals surface area contributed by atoms with Gasteiger partial charge in [-0.1, -0.05) is 126 Å². The van der Waals surface area contributed by atoms with Crippen LogP contribution in [-0.2, 0) is 21.7 Å². The lowest BCUT2D eigenvalue weighted by Gasteiger charge is -2.63. The molecule has 0 unspecified atom stereocenters. The van der Waals surface area contributed by atoms with Crippen LogP contribution in [0.3, 0.4) is 0 Å². The molecule has 296 valence electrons. The lowest BCUT2D eigenvalue weighted by Crippen LogP contribution is -2.57. The molecule has 2 nitrogen and oxygen atoms in total. The predicted octanol–water partition coefficient (Wildman–Crippen LogP) is 15.3. The average molecular weight is 772 g/mol. The summed E-state index contributed by atoms with van der Waals surface area (Å²) in [6.07, 6.45) is 9.14. The van der Waals surface area contributed by atoms with E-state index in [1.165, 1.54) is 118 Å². The van der Waals surface area contributed by atoms with Gasteiger partial charge in [-0.05, 0) is 166 Å². The molecular formula is C57H57NO. The van der Waals surface area contributed by atoms with Gasteiger partial charge < -0.3 is 9.64 Å². The summed E-state index contributed by atoms with van der Waals surface area (Å²) in [5.41, 5.74) is 17.9. The highest BCUT2D eigenvalue weighted by Crippen LogP contribution is 2.70. The van der Waals surface area contributed by atoms with E-state index in [0.29, 0.717) is 11.8 Å². The largest absolute Gasteiger partial charge is 0.457 e. The molecule has 1 spiro atoms. The van der Waals surface area contributed by atoms with E-state index in [0.717, 1.165) is 23.3 Å². The number of benzene rings is 6. The number of nitrogens with zero attached hydrogens (tertiary/aromatic N) is 1. The highest BCUT2D eigenvalue weighted by atomic mass is 16.5. The van der Waals surface area contributed by atoms with E-state index in [2.05, 4.69) is 174 Å². The van der Waals surface area contributed by atoms with Crippen molar-refractivity contribution in [1.82, 2.24) is 0 Å². The molecular weight excluding hydrogens is 715 g/mol. The van der Waals surface area contributed by atoms with Crippen LogP contribution in [0, 0.1) is 23.7 Å². The summed E-state index contributed by atoms with van der Waals surface area (Å²) in [4.78, 5) is 2.61. The maximum Gasteiger partial charge on any atom is 0.133 e. The van der Waals surface area contributed by atoms with Crippen molar-refractivity contribution >= 4 is 17.1 Å². The third-order valence-corrected chi connectivity index (χ3v) is 16.7. The zero-order chi connectivity index (χ0) is 40.1. The topological polar surface area (TPSA) is 12.5 Å². The number of hydrogen-bond donors (Lipinski definition) is 0. The van der Waals surface area contributed by atoms with Gasteiger partial charge in [-0.25, -0.2) is 0 Å². The SMILES string of the molecule is CC1(C)CCC(C)(C)c2c(-c3ccc(N(c4ccc5c(c4)C(C)(C)c4ccccc4-5)c4cccc5c4C4(c6ccccc6O5)C5CC6CC(C5)CC4C6)cc3)cccc21. The predicted molar refractivity (Wildman–Crippen MR) is 244 cm³/mol. The molecule has 2 heteroatoms. The van der Waals surface area contributed by atoms with Crippen LogP contribution in [0.4, 0.5) is 17.1 Å². The second-order valence-corrected chi connectivity index (χ2v) is 21.2. The van der Waals surface area contributed by atoms with Gasteiger partial charge >= 0.3 is 0 Å². The molecule has 0 aromatic heterocycles. The van der Waals surface area contributed by atoms with E-state index in [1.54, 1.807) is 0 Å². The number of ether oxygens (including phenoxy) is 1. The zero-order valence-electron chi connectivity index (χ0n) is 35.7. The lowest BCUT2D eigenvalue weighted by molar-refractivity contribution is -0.0449. The van der Waals surface area contributed by atoms with Gasteiger partial charge in [-0.3, -0.25) is 0 Å². The first kappa shape index (κ1) is 35.8. The molecule has 7 aliphatic rings. The molecule has 6 aromatic rings. The number of hydrogen-bond acceptors (Lipinski definition) is 2. The van der Waals surface area contributed by atoms with Gasteiger partial charge in [-0.2, -0.15) is 0 Å². The average Bonchev–Trinajstić information content (AvgIpc) is 3.46. The van der Waals surface area contributed by atoms with Gasteiger partial charge in [0, 0.05) is 33.3 Å². The molecule has 6 aromatic carbocycles. The number of fused-ring (bicyclic) bond motifs is 6. The molecule has 0 radical (unpaired) electrons. The molecule has 59 heavy (non-hydrogen) atoms. The molecule has 4 bridgehead atoms. The van der Waals surface area contributed by atoms with Crippen molar-refractivity contribution in [2.45, 2.75) is 108 Å². The summed E-state index contributed by atoms with van der Waals surface area (Å²) in [5, 5.41) is 0. The Morgan fingerprint density at radius 1 is 0.475 bits per heavy atom. The summed E-state index contributed by atoms with van der Waals surface area (Å²) >= 11 is 0. The van der Waals surface area contributed by atoms with Crippen molar-refractivity contribution in [3.8, 4) is 33.8 Å². The molecule has 4 saturated carbocycles. The van der Waals surface area contributed by atoms with Crippen molar-refractivity contribution in [3.05, 3.63) is 161 Å². The maximum atomic E-state index is 7.06. The Bertz CT molecular complexity index is 2660. The van der Waals surface area contributed by atoms with Gasteiger partial charge in [-0.15, -0.1) is 0 Å². The summed E-state index contributed by atoms with van der Waals surface area (Å²) in [7, 11) is 0. The van der Waals surface area contributed by atoms with Crippen LogP contribution in [0.25, 0.3) is 22.3 Å². The quantitative estimate of drug-likeness (QED) is 0.177.